The molecule has 1 atom stereocenters. The van der Waals surface area contributed by atoms with Crippen LogP contribution in [0.15, 0.2) is 24.3 Å². The van der Waals surface area contributed by atoms with E-state index in [1.165, 1.54) is 36.3 Å². The van der Waals surface area contributed by atoms with Gasteiger partial charge in [-0.1, -0.05) is 19.1 Å². The zero-order chi connectivity index (χ0) is 12.5. The largest absolute Gasteiger partial charge is 0.310 e. The van der Waals surface area contributed by atoms with E-state index in [0.29, 0.717) is 6.04 Å². The van der Waals surface area contributed by atoms with E-state index in [9.17, 15) is 4.39 Å². The molecule has 0 amide bonds. The molecule has 0 heterocycles. The van der Waals surface area contributed by atoms with Crippen LogP contribution in [0, 0.1) is 5.82 Å². The lowest BCUT2D eigenvalue weighted by atomic mass is 10.0. The number of nitrogens with one attached hydrogen (secondary N) is 1. The maximum atomic E-state index is 12.8. The minimum absolute atomic E-state index is 0.163. The SMILES string of the molecule is CCC(NCCCCSC)c1ccc(F)cc1. The predicted molar refractivity (Wildman–Crippen MR) is 75.1 cm³/mol. The van der Waals surface area contributed by atoms with E-state index in [2.05, 4.69) is 18.5 Å². The van der Waals surface area contributed by atoms with Crippen LogP contribution in [0.3, 0.4) is 0 Å². The Labute approximate surface area is 108 Å². The van der Waals surface area contributed by atoms with Crippen LogP contribution < -0.4 is 5.32 Å². The van der Waals surface area contributed by atoms with Crippen molar-refractivity contribution in [2.24, 2.45) is 0 Å². The molecule has 0 aliphatic carbocycles. The van der Waals surface area contributed by atoms with E-state index in [-0.39, 0.29) is 5.82 Å². The fourth-order valence-electron chi connectivity index (χ4n) is 1.84. The minimum Gasteiger partial charge on any atom is -0.310 e. The first-order valence-corrected chi connectivity index (χ1v) is 7.65. The molecule has 1 rings (SSSR count). The van der Waals surface area contributed by atoms with E-state index in [4.69, 9.17) is 0 Å². The van der Waals surface area contributed by atoms with Gasteiger partial charge in [0.15, 0.2) is 0 Å². The van der Waals surface area contributed by atoms with Crippen LogP contribution in [-0.2, 0) is 0 Å². The Kier molecular flexibility index (Phi) is 7.29. The van der Waals surface area contributed by atoms with Gasteiger partial charge in [0, 0.05) is 6.04 Å². The molecule has 1 nitrogen and oxygen atoms in total. The molecule has 0 spiro atoms. The third-order valence-electron chi connectivity index (χ3n) is 2.85. The van der Waals surface area contributed by atoms with Gasteiger partial charge in [-0.05, 0) is 55.5 Å². The number of thioether (sulfide) groups is 1. The Morgan fingerprint density at radius 2 is 1.94 bits per heavy atom. The summed E-state index contributed by atoms with van der Waals surface area (Å²) in [7, 11) is 0. The third kappa shape index (κ3) is 5.55. The summed E-state index contributed by atoms with van der Waals surface area (Å²) in [6.45, 7) is 3.19. The van der Waals surface area contributed by atoms with Crippen molar-refractivity contribution in [1.82, 2.24) is 5.32 Å². The Morgan fingerprint density at radius 1 is 1.24 bits per heavy atom. The summed E-state index contributed by atoms with van der Waals surface area (Å²) in [6.07, 6.45) is 5.64. The summed E-state index contributed by atoms with van der Waals surface area (Å²) >= 11 is 1.89. The molecule has 1 aromatic carbocycles. The van der Waals surface area contributed by atoms with Crippen LogP contribution in [0.25, 0.3) is 0 Å². The quantitative estimate of drug-likeness (QED) is 0.704. The van der Waals surface area contributed by atoms with Crippen molar-refractivity contribution in [3.05, 3.63) is 35.6 Å². The molecule has 0 bridgehead atoms. The molecule has 3 heteroatoms. The first kappa shape index (κ1) is 14.5. The smallest absolute Gasteiger partial charge is 0.123 e. The van der Waals surface area contributed by atoms with E-state index >= 15 is 0 Å². The topological polar surface area (TPSA) is 12.0 Å². The Bertz CT molecular complexity index is 300. The Morgan fingerprint density at radius 3 is 2.53 bits per heavy atom. The van der Waals surface area contributed by atoms with E-state index < -0.39 is 0 Å². The number of hydrogen-bond donors (Lipinski definition) is 1. The van der Waals surface area contributed by atoms with Crippen molar-refractivity contribution in [1.29, 1.82) is 0 Å². The average Bonchev–Trinajstić information content (AvgIpc) is 2.35. The highest BCUT2D eigenvalue weighted by atomic mass is 32.2. The number of halogens is 1. The van der Waals surface area contributed by atoms with Crippen LogP contribution >= 0.6 is 11.8 Å². The first-order valence-electron chi connectivity index (χ1n) is 6.25. The number of unbranched alkanes of at least 4 members (excludes halogenated alkanes) is 1. The predicted octanol–water partition coefficient (Wildman–Crippen LogP) is 4.01. The fourth-order valence-corrected chi connectivity index (χ4v) is 2.33. The van der Waals surface area contributed by atoms with E-state index in [1.54, 1.807) is 0 Å². The first-order chi connectivity index (χ1) is 8.27. The van der Waals surface area contributed by atoms with Gasteiger partial charge in [-0.2, -0.15) is 11.8 Å². The van der Waals surface area contributed by atoms with Crippen molar-refractivity contribution >= 4 is 11.8 Å². The lowest BCUT2D eigenvalue weighted by Gasteiger charge is -2.17. The molecular formula is C14H22FNS. The summed E-state index contributed by atoms with van der Waals surface area (Å²) in [5, 5.41) is 3.53. The van der Waals surface area contributed by atoms with Gasteiger partial charge in [-0.3, -0.25) is 0 Å². The van der Waals surface area contributed by atoms with Gasteiger partial charge in [-0.25, -0.2) is 4.39 Å². The van der Waals surface area contributed by atoms with Crippen molar-refractivity contribution in [2.75, 3.05) is 18.6 Å². The molecule has 1 aromatic rings. The van der Waals surface area contributed by atoms with Gasteiger partial charge in [-0.15, -0.1) is 0 Å². The second-order valence-corrected chi connectivity index (χ2v) is 5.15. The monoisotopic (exact) mass is 255 g/mol. The molecule has 0 saturated heterocycles. The Balaban J connectivity index is 2.35. The number of rotatable bonds is 8. The van der Waals surface area contributed by atoms with E-state index in [0.717, 1.165) is 13.0 Å². The van der Waals surface area contributed by atoms with Gasteiger partial charge in [0.05, 0.1) is 0 Å². The Hall–Kier alpha value is -0.540. The zero-order valence-electron chi connectivity index (χ0n) is 10.7. The summed E-state index contributed by atoms with van der Waals surface area (Å²) in [5.74, 6) is 1.07. The molecule has 0 saturated carbocycles. The molecule has 96 valence electrons. The standard InChI is InChI=1S/C14H22FNS/c1-3-14(16-10-4-5-11-17-2)12-6-8-13(15)9-7-12/h6-9,14,16H,3-5,10-11H2,1-2H3. The normalized spacial score (nSPS) is 12.6. The molecule has 0 aliphatic heterocycles. The van der Waals surface area contributed by atoms with Crippen LogP contribution in [-0.4, -0.2) is 18.6 Å². The van der Waals surface area contributed by atoms with Gasteiger partial charge in [0.1, 0.15) is 5.82 Å². The maximum Gasteiger partial charge on any atom is 0.123 e. The van der Waals surface area contributed by atoms with Crippen LogP contribution in [0.5, 0.6) is 0 Å². The van der Waals surface area contributed by atoms with Gasteiger partial charge in [0.2, 0.25) is 0 Å². The van der Waals surface area contributed by atoms with Crippen molar-refractivity contribution in [3.8, 4) is 0 Å². The van der Waals surface area contributed by atoms with Gasteiger partial charge >= 0.3 is 0 Å². The average molecular weight is 255 g/mol. The van der Waals surface area contributed by atoms with Gasteiger partial charge in [0.25, 0.3) is 0 Å². The molecule has 0 aromatic heterocycles. The molecule has 0 radical (unpaired) electrons. The summed E-state index contributed by atoms with van der Waals surface area (Å²) in [5.41, 5.74) is 1.18. The van der Waals surface area contributed by atoms with E-state index in [1.807, 2.05) is 23.9 Å². The highest BCUT2D eigenvalue weighted by Crippen LogP contribution is 2.16. The second-order valence-electron chi connectivity index (χ2n) is 4.17. The lowest BCUT2D eigenvalue weighted by Crippen LogP contribution is -2.22. The fraction of sp³-hybridized carbons (Fsp3) is 0.571. The zero-order valence-corrected chi connectivity index (χ0v) is 11.5. The number of benzene rings is 1. The van der Waals surface area contributed by atoms with Gasteiger partial charge < -0.3 is 5.32 Å². The van der Waals surface area contributed by atoms with Crippen molar-refractivity contribution in [2.45, 2.75) is 32.2 Å². The summed E-state index contributed by atoms with van der Waals surface area (Å²) in [6, 6.07) is 7.17. The highest BCUT2D eigenvalue weighted by Gasteiger charge is 2.07. The number of hydrogen-bond acceptors (Lipinski definition) is 2. The summed E-state index contributed by atoms with van der Waals surface area (Å²) in [4.78, 5) is 0. The molecule has 17 heavy (non-hydrogen) atoms. The molecule has 0 aliphatic rings. The second kappa shape index (κ2) is 8.54. The van der Waals surface area contributed by atoms with Crippen molar-refractivity contribution in [3.63, 3.8) is 0 Å². The molecule has 1 N–H and O–H groups in total. The minimum atomic E-state index is -0.163. The lowest BCUT2D eigenvalue weighted by molar-refractivity contribution is 0.507. The molecule has 0 fully saturated rings. The summed E-state index contributed by atoms with van der Waals surface area (Å²) < 4.78 is 12.8. The van der Waals surface area contributed by atoms with Crippen LogP contribution in [0.2, 0.25) is 0 Å². The van der Waals surface area contributed by atoms with Crippen LogP contribution in [0.1, 0.15) is 37.8 Å². The maximum absolute atomic E-state index is 12.8. The molecule has 1 unspecified atom stereocenters. The third-order valence-corrected chi connectivity index (χ3v) is 3.54. The molecular weight excluding hydrogens is 233 g/mol. The highest BCUT2D eigenvalue weighted by molar-refractivity contribution is 7.98. The van der Waals surface area contributed by atoms with Crippen LogP contribution in [0.4, 0.5) is 4.39 Å². The van der Waals surface area contributed by atoms with Crippen molar-refractivity contribution < 1.29 is 4.39 Å².